The third-order valence-corrected chi connectivity index (χ3v) is 3.34. The Labute approximate surface area is 125 Å². The molecule has 2 rings (SSSR count). The molecule has 1 heterocycles. The van der Waals surface area contributed by atoms with Gasteiger partial charge in [-0.05, 0) is 50.3 Å². The number of aryl methyl sites for hydroxylation is 1. The quantitative estimate of drug-likeness (QED) is 0.916. The zero-order chi connectivity index (χ0) is 15.2. The highest BCUT2D eigenvalue weighted by Gasteiger charge is 2.06. The molecule has 0 saturated carbocycles. The van der Waals surface area contributed by atoms with Crippen LogP contribution in [0.1, 0.15) is 15.9 Å². The van der Waals surface area contributed by atoms with Crippen molar-refractivity contribution >= 4 is 5.91 Å². The maximum absolute atomic E-state index is 12.0. The summed E-state index contributed by atoms with van der Waals surface area (Å²) in [5, 5.41) is 2.91. The Balaban J connectivity index is 2.05. The van der Waals surface area contributed by atoms with Gasteiger partial charge in [-0.15, -0.1) is 0 Å². The first-order valence-corrected chi connectivity index (χ1v) is 7.02. The third-order valence-electron chi connectivity index (χ3n) is 3.34. The highest BCUT2D eigenvalue weighted by atomic mass is 16.1. The summed E-state index contributed by atoms with van der Waals surface area (Å²) in [6, 6.07) is 9.62. The average Bonchev–Trinajstić information content (AvgIpc) is 2.47. The number of rotatable bonds is 5. The Kier molecular flexibility index (Phi) is 5.06. The Morgan fingerprint density at radius 1 is 1.19 bits per heavy atom. The predicted octanol–water partition coefficient (Wildman–Crippen LogP) is 2.35. The SMILES string of the molecule is Cc1ccncc1-c1ccc(C(=O)NCCN(C)C)cc1. The molecule has 0 atom stereocenters. The Morgan fingerprint density at radius 2 is 1.90 bits per heavy atom. The van der Waals surface area contributed by atoms with Crippen LogP contribution >= 0.6 is 0 Å². The van der Waals surface area contributed by atoms with Crippen LogP contribution in [0.15, 0.2) is 42.7 Å². The summed E-state index contributed by atoms with van der Waals surface area (Å²) < 4.78 is 0. The zero-order valence-electron chi connectivity index (χ0n) is 12.8. The largest absolute Gasteiger partial charge is 0.351 e. The molecule has 0 unspecified atom stereocenters. The number of nitrogens with zero attached hydrogens (tertiary/aromatic N) is 2. The summed E-state index contributed by atoms with van der Waals surface area (Å²) in [5.74, 6) is -0.0358. The van der Waals surface area contributed by atoms with Crippen molar-refractivity contribution in [2.75, 3.05) is 27.2 Å². The van der Waals surface area contributed by atoms with Crippen LogP contribution in [0.5, 0.6) is 0 Å². The minimum Gasteiger partial charge on any atom is -0.351 e. The lowest BCUT2D eigenvalue weighted by Crippen LogP contribution is -2.31. The van der Waals surface area contributed by atoms with Gasteiger partial charge in [0.2, 0.25) is 0 Å². The number of benzene rings is 1. The molecule has 0 radical (unpaired) electrons. The number of hydrogen-bond acceptors (Lipinski definition) is 3. The number of carbonyl (C=O) groups excluding carboxylic acids is 1. The molecule has 21 heavy (non-hydrogen) atoms. The lowest BCUT2D eigenvalue weighted by molar-refractivity contribution is 0.0951. The highest BCUT2D eigenvalue weighted by molar-refractivity contribution is 5.94. The molecule has 4 heteroatoms. The molecule has 0 aliphatic heterocycles. The first-order valence-electron chi connectivity index (χ1n) is 7.02. The summed E-state index contributed by atoms with van der Waals surface area (Å²) in [4.78, 5) is 18.2. The van der Waals surface area contributed by atoms with Gasteiger partial charge in [0.25, 0.3) is 5.91 Å². The molecule has 1 N–H and O–H groups in total. The van der Waals surface area contributed by atoms with E-state index in [1.807, 2.05) is 55.5 Å². The third kappa shape index (κ3) is 4.13. The van der Waals surface area contributed by atoms with Gasteiger partial charge < -0.3 is 10.2 Å². The molecule has 4 nitrogen and oxygen atoms in total. The van der Waals surface area contributed by atoms with Gasteiger partial charge in [-0.25, -0.2) is 0 Å². The van der Waals surface area contributed by atoms with E-state index in [-0.39, 0.29) is 5.91 Å². The molecule has 0 aliphatic rings. The second-order valence-corrected chi connectivity index (χ2v) is 5.33. The molecule has 0 aliphatic carbocycles. The van der Waals surface area contributed by atoms with E-state index in [0.29, 0.717) is 12.1 Å². The lowest BCUT2D eigenvalue weighted by atomic mass is 10.0. The van der Waals surface area contributed by atoms with E-state index in [1.165, 1.54) is 5.56 Å². The minimum absolute atomic E-state index is 0.0358. The molecule has 0 saturated heterocycles. The van der Waals surface area contributed by atoms with Crippen LogP contribution in [0.3, 0.4) is 0 Å². The van der Waals surface area contributed by atoms with Gasteiger partial charge in [0, 0.05) is 36.6 Å². The van der Waals surface area contributed by atoms with E-state index in [4.69, 9.17) is 0 Å². The van der Waals surface area contributed by atoms with E-state index in [1.54, 1.807) is 6.20 Å². The maximum atomic E-state index is 12.0. The fourth-order valence-corrected chi connectivity index (χ4v) is 2.06. The number of pyridine rings is 1. The standard InChI is InChI=1S/C17H21N3O/c1-13-8-9-18-12-16(13)14-4-6-15(7-5-14)17(21)19-10-11-20(2)3/h4-9,12H,10-11H2,1-3H3,(H,19,21). The number of carbonyl (C=O) groups is 1. The van der Waals surface area contributed by atoms with Crippen molar-refractivity contribution in [2.24, 2.45) is 0 Å². The molecule has 1 aromatic carbocycles. The van der Waals surface area contributed by atoms with E-state index < -0.39 is 0 Å². The second-order valence-electron chi connectivity index (χ2n) is 5.33. The van der Waals surface area contributed by atoms with Crippen LogP contribution < -0.4 is 5.32 Å². The summed E-state index contributed by atoms with van der Waals surface area (Å²) >= 11 is 0. The summed E-state index contributed by atoms with van der Waals surface area (Å²) in [7, 11) is 3.97. The second kappa shape index (κ2) is 6.99. The average molecular weight is 283 g/mol. The molecule has 0 bridgehead atoms. The van der Waals surface area contributed by atoms with Crippen LogP contribution in [-0.2, 0) is 0 Å². The van der Waals surface area contributed by atoms with Gasteiger partial charge in [0.1, 0.15) is 0 Å². The van der Waals surface area contributed by atoms with Crippen LogP contribution in [0, 0.1) is 6.92 Å². The molecule has 1 amide bonds. The van der Waals surface area contributed by atoms with Crippen molar-refractivity contribution in [1.82, 2.24) is 15.2 Å². The number of likely N-dealkylation sites (N-methyl/N-ethyl adjacent to an activating group) is 1. The van der Waals surface area contributed by atoms with Crippen molar-refractivity contribution in [2.45, 2.75) is 6.92 Å². The summed E-state index contributed by atoms with van der Waals surface area (Å²) in [6.45, 7) is 3.53. The number of amides is 1. The summed E-state index contributed by atoms with van der Waals surface area (Å²) in [5.41, 5.74) is 4.02. The minimum atomic E-state index is -0.0358. The van der Waals surface area contributed by atoms with Crippen LogP contribution in [-0.4, -0.2) is 43.0 Å². The van der Waals surface area contributed by atoms with Crippen molar-refractivity contribution in [3.8, 4) is 11.1 Å². The van der Waals surface area contributed by atoms with Gasteiger partial charge in [0.05, 0.1) is 0 Å². The van der Waals surface area contributed by atoms with E-state index >= 15 is 0 Å². The van der Waals surface area contributed by atoms with Gasteiger partial charge in [-0.2, -0.15) is 0 Å². The number of aromatic nitrogens is 1. The predicted molar refractivity (Wildman–Crippen MR) is 85.3 cm³/mol. The van der Waals surface area contributed by atoms with Gasteiger partial charge in [-0.3, -0.25) is 9.78 Å². The van der Waals surface area contributed by atoms with Crippen LogP contribution in [0.2, 0.25) is 0 Å². The van der Waals surface area contributed by atoms with Gasteiger partial charge in [0.15, 0.2) is 0 Å². The molecule has 110 valence electrons. The van der Waals surface area contributed by atoms with Crippen molar-refractivity contribution in [3.05, 3.63) is 53.9 Å². The van der Waals surface area contributed by atoms with E-state index in [0.717, 1.165) is 17.7 Å². The maximum Gasteiger partial charge on any atom is 0.251 e. The smallest absolute Gasteiger partial charge is 0.251 e. The van der Waals surface area contributed by atoms with Crippen molar-refractivity contribution in [1.29, 1.82) is 0 Å². The first-order chi connectivity index (χ1) is 10.1. The fourth-order valence-electron chi connectivity index (χ4n) is 2.06. The lowest BCUT2D eigenvalue weighted by Gasteiger charge is -2.11. The molecule has 0 fully saturated rings. The number of hydrogen-bond donors (Lipinski definition) is 1. The fraction of sp³-hybridized carbons (Fsp3) is 0.294. The Morgan fingerprint density at radius 3 is 2.52 bits per heavy atom. The highest BCUT2D eigenvalue weighted by Crippen LogP contribution is 2.22. The summed E-state index contributed by atoms with van der Waals surface area (Å²) in [6.07, 6.45) is 3.63. The van der Waals surface area contributed by atoms with Crippen LogP contribution in [0.4, 0.5) is 0 Å². The monoisotopic (exact) mass is 283 g/mol. The topological polar surface area (TPSA) is 45.2 Å². The Hall–Kier alpha value is -2.20. The van der Waals surface area contributed by atoms with Crippen molar-refractivity contribution < 1.29 is 4.79 Å². The van der Waals surface area contributed by atoms with Crippen LogP contribution in [0.25, 0.3) is 11.1 Å². The molecular formula is C17H21N3O. The molecule has 2 aromatic rings. The van der Waals surface area contributed by atoms with Gasteiger partial charge in [-0.1, -0.05) is 12.1 Å². The molecule has 1 aromatic heterocycles. The van der Waals surface area contributed by atoms with E-state index in [9.17, 15) is 4.79 Å². The van der Waals surface area contributed by atoms with Gasteiger partial charge >= 0.3 is 0 Å². The van der Waals surface area contributed by atoms with Crippen molar-refractivity contribution in [3.63, 3.8) is 0 Å². The van der Waals surface area contributed by atoms with E-state index in [2.05, 4.69) is 17.2 Å². The molecular weight excluding hydrogens is 262 g/mol. The zero-order valence-corrected chi connectivity index (χ0v) is 12.8. The number of nitrogens with one attached hydrogen (secondary N) is 1. The normalized spacial score (nSPS) is 10.7. The molecule has 0 spiro atoms. The Bertz CT molecular complexity index is 606. The first kappa shape index (κ1) is 15.2.